The highest BCUT2D eigenvalue weighted by Gasteiger charge is 2.19. The van der Waals surface area contributed by atoms with Crippen molar-refractivity contribution < 1.29 is 19.0 Å². The van der Waals surface area contributed by atoms with Crippen LogP contribution in [0.2, 0.25) is 0 Å². The average Bonchev–Trinajstić information content (AvgIpc) is 3.06. The van der Waals surface area contributed by atoms with E-state index in [-0.39, 0.29) is 11.9 Å². The van der Waals surface area contributed by atoms with Gasteiger partial charge < -0.3 is 19.5 Å². The number of nitrogens with one attached hydrogen (secondary N) is 2. The number of benzene rings is 1. The van der Waals surface area contributed by atoms with Gasteiger partial charge in [-0.2, -0.15) is 0 Å². The van der Waals surface area contributed by atoms with Crippen LogP contribution in [0.15, 0.2) is 24.3 Å². The van der Waals surface area contributed by atoms with E-state index in [0.29, 0.717) is 37.0 Å². The Balaban J connectivity index is 1.71. The lowest BCUT2D eigenvalue weighted by atomic mass is 10.1. The van der Waals surface area contributed by atoms with Gasteiger partial charge in [-0.05, 0) is 6.07 Å². The zero-order chi connectivity index (χ0) is 14.7. The number of carbonyl (C=O) groups excluding carboxylic acids is 1. The Morgan fingerprint density at radius 3 is 2.81 bits per heavy atom. The molecule has 1 atom stereocenters. The summed E-state index contributed by atoms with van der Waals surface area (Å²) in [6, 6.07) is 3.39. The second-order valence-electron chi connectivity index (χ2n) is 4.84. The van der Waals surface area contributed by atoms with Crippen molar-refractivity contribution in [3.05, 3.63) is 29.8 Å². The second-order valence-corrected chi connectivity index (χ2v) is 4.84. The molecule has 0 fully saturated rings. The van der Waals surface area contributed by atoms with Crippen molar-refractivity contribution in [2.24, 2.45) is 0 Å². The van der Waals surface area contributed by atoms with Gasteiger partial charge in [-0.3, -0.25) is 10.1 Å². The molecule has 0 saturated carbocycles. The lowest BCUT2D eigenvalue weighted by Gasteiger charge is -2.21. The molecule has 112 valence electrons. The summed E-state index contributed by atoms with van der Waals surface area (Å²) in [6.07, 6.45) is 3.80. The summed E-state index contributed by atoms with van der Waals surface area (Å²) < 4.78 is 16.4. The lowest BCUT2D eigenvalue weighted by Crippen LogP contribution is -2.40. The molecule has 2 aliphatic rings. The summed E-state index contributed by atoms with van der Waals surface area (Å²) in [5, 5.41) is 5.97. The normalized spacial score (nSPS) is 19.4. The maximum Gasteiger partial charge on any atom is 0.241 e. The number of carbonyl (C=O) groups is 1. The Labute approximate surface area is 123 Å². The number of ether oxygens (including phenoxy) is 3. The molecule has 0 aromatic heterocycles. The van der Waals surface area contributed by atoms with E-state index in [1.165, 1.54) is 0 Å². The molecule has 0 unspecified atom stereocenters. The number of fused-ring (bicyclic) bond motifs is 1. The van der Waals surface area contributed by atoms with Crippen LogP contribution in [0.3, 0.4) is 0 Å². The smallest absolute Gasteiger partial charge is 0.241 e. The van der Waals surface area contributed by atoms with Crippen molar-refractivity contribution in [2.75, 3.05) is 26.9 Å². The van der Waals surface area contributed by atoms with Gasteiger partial charge in [-0.15, -0.1) is 0 Å². The van der Waals surface area contributed by atoms with Crippen LogP contribution >= 0.6 is 0 Å². The molecule has 21 heavy (non-hydrogen) atoms. The monoisotopic (exact) mass is 290 g/mol. The van der Waals surface area contributed by atoms with E-state index >= 15 is 0 Å². The van der Waals surface area contributed by atoms with Crippen LogP contribution in [-0.2, 0) is 11.3 Å². The molecule has 0 bridgehead atoms. The fraction of sp³-hybridized carbons (Fsp3) is 0.400. The van der Waals surface area contributed by atoms with Crippen molar-refractivity contribution in [1.82, 2.24) is 10.6 Å². The van der Waals surface area contributed by atoms with Gasteiger partial charge in [0.1, 0.15) is 25.0 Å². The highest BCUT2D eigenvalue weighted by molar-refractivity contribution is 5.84. The van der Waals surface area contributed by atoms with Crippen molar-refractivity contribution in [3.8, 4) is 17.2 Å². The van der Waals surface area contributed by atoms with Crippen LogP contribution in [0.25, 0.3) is 0 Å². The number of methoxy groups -OCH3 is 1. The molecule has 1 aromatic carbocycles. The minimum Gasteiger partial charge on any atom is -0.496 e. The summed E-state index contributed by atoms with van der Waals surface area (Å²) in [5.41, 5.74) is 0.858. The Morgan fingerprint density at radius 2 is 2.14 bits per heavy atom. The first-order valence-electron chi connectivity index (χ1n) is 6.92. The van der Waals surface area contributed by atoms with Crippen molar-refractivity contribution in [1.29, 1.82) is 0 Å². The molecule has 6 nitrogen and oxygen atoms in total. The predicted octanol–water partition coefficient (Wildman–Crippen LogP) is 0.611. The highest BCUT2D eigenvalue weighted by Crippen LogP contribution is 2.36. The van der Waals surface area contributed by atoms with E-state index in [0.717, 1.165) is 12.1 Å². The molecule has 0 saturated heterocycles. The Morgan fingerprint density at radius 1 is 1.38 bits per heavy atom. The molecular formula is C15H18N2O4. The van der Waals surface area contributed by atoms with E-state index in [4.69, 9.17) is 14.2 Å². The number of hydrogen-bond donors (Lipinski definition) is 2. The Hall–Kier alpha value is -2.21. The summed E-state index contributed by atoms with van der Waals surface area (Å²) in [5.74, 6) is 1.98. The Bertz CT molecular complexity index is 571. The molecule has 6 heteroatoms. The SMILES string of the molecule is COc1cc2c(cc1CNC(=O)[C@H]1C=CCN1)OCCO2. The first-order chi connectivity index (χ1) is 10.3. The van der Waals surface area contributed by atoms with Gasteiger partial charge in [0.05, 0.1) is 7.11 Å². The second kappa shape index (κ2) is 6.05. The van der Waals surface area contributed by atoms with Gasteiger partial charge in [0, 0.05) is 24.7 Å². The van der Waals surface area contributed by atoms with Crippen molar-refractivity contribution in [3.63, 3.8) is 0 Å². The van der Waals surface area contributed by atoms with Gasteiger partial charge in [0.25, 0.3) is 0 Å². The van der Waals surface area contributed by atoms with Crippen LogP contribution in [-0.4, -0.2) is 38.8 Å². The highest BCUT2D eigenvalue weighted by atomic mass is 16.6. The molecule has 1 aromatic rings. The van der Waals surface area contributed by atoms with Gasteiger partial charge in [-0.1, -0.05) is 12.2 Å². The fourth-order valence-electron chi connectivity index (χ4n) is 2.38. The maximum absolute atomic E-state index is 12.0. The van der Waals surface area contributed by atoms with Gasteiger partial charge in [0.2, 0.25) is 5.91 Å². The van der Waals surface area contributed by atoms with Crippen LogP contribution < -0.4 is 24.8 Å². The van der Waals surface area contributed by atoms with Gasteiger partial charge >= 0.3 is 0 Å². The first-order valence-corrected chi connectivity index (χ1v) is 6.92. The minimum atomic E-state index is -0.256. The lowest BCUT2D eigenvalue weighted by molar-refractivity contribution is -0.122. The standard InChI is InChI=1S/C15H18N2O4/c1-19-12-8-14-13(20-5-6-21-14)7-10(12)9-17-15(18)11-3-2-4-16-11/h2-3,7-8,11,16H,4-6,9H2,1H3,(H,17,18)/t11-/m1/s1. The van der Waals surface area contributed by atoms with Gasteiger partial charge in [-0.25, -0.2) is 0 Å². The summed E-state index contributed by atoms with van der Waals surface area (Å²) in [6.45, 7) is 2.17. The molecule has 0 spiro atoms. The summed E-state index contributed by atoms with van der Waals surface area (Å²) >= 11 is 0. The van der Waals surface area contributed by atoms with E-state index in [2.05, 4.69) is 10.6 Å². The summed E-state index contributed by atoms with van der Waals surface area (Å²) in [4.78, 5) is 12.0. The van der Waals surface area contributed by atoms with Crippen LogP contribution in [0.4, 0.5) is 0 Å². The Kier molecular flexibility index (Phi) is 3.96. The van der Waals surface area contributed by atoms with E-state index in [1.807, 2.05) is 18.2 Å². The summed E-state index contributed by atoms with van der Waals surface area (Å²) in [7, 11) is 1.60. The molecule has 1 amide bonds. The number of amides is 1. The van der Waals surface area contributed by atoms with E-state index in [9.17, 15) is 4.79 Å². The van der Waals surface area contributed by atoms with Crippen LogP contribution in [0.1, 0.15) is 5.56 Å². The molecular weight excluding hydrogens is 272 g/mol. The van der Waals surface area contributed by atoms with Crippen molar-refractivity contribution >= 4 is 5.91 Å². The van der Waals surface area contributed by atoms with E-state index in [1.54, 1.807) is 13.2 Å². The molecule has 0 aliphatic carbocycles. The number of rotatable bonds is 4. The van der Waals surface area contributed by atoms with E-state index < -0.39 is 0 Å². The van der Waals surface area contributed by atoms with Gasteiger partial charge in [0.15, 0.2) is 11.5 Å². The largest absolute Gasteiger partial charge is 0.496 e. The van der Waals surface area contributed by atoms with Crippen LogP contribution in [0, 0.1) is 0 Å². The zero-order valence-electron chi connectivity index (χ0n) is 11.8. The number of hydrogen-bond acceptors (Lipinski definition) is 5. The third kappa shape index (κ3) is 2.95. The topological polar surface area (TPSA) is 68.8 Å². The van der Waals surface area contributed by atoms with Crippen LogP contribution in [0.5, 0.6) is 17.2 Å². The molecule has 2 aliphatic heterocycles. The zero-order valence-corrected chi connectivity index (χ0v) is 11.8. The maximum atomic E-state index is 12.0. The molecule has 0 radical (unpaired) electrons. The first kappa shape index (κ1) is 13.8. The molecule has 2 N–H and O–H groups in total. The fourth-order valence-corrected chi connectivity index (χ4v) is 2.38. The minimum absolute atomic E-state index is 0.0549. The predicted molar refractivity (Wildman–Crippen MR) is 76.8 cm³/mol. The third-order valence-electron chi connectivity index (χ3n) is 3.46. The molecule has 3 rings (SSSR count). The molecule has 2 heterocycles. The average molecular weight is 290 g/mol. The van der Waals surface area contributed by atoms with Crippen molar-refractivity contribution in [2.45, 2.75) is 12.6 Å². The quantitative estimate of drug-likeness (QED) is 0.795. The third-order valence-corrected chi connectivity index (χ3v) is 3.46.